The van der Waals surface area contributed by atoms with Gasteiger partial charge in [-0.25, -0.2) is 0 Å². The zero-order valence-corrected chi connectivity index (χ0v) is 17.9. The van der Waals surface area contributed by atoms with Gasteiger partial charge in [0.25, 0.3) is 0 Å². The van der Waals surface area contributed by atoms with E-state index in [4.69, 9.17) is 9.47 Å². The SMILES string of the molecule is COc1ccc(OC)c([C@H](C)NC(=O)CN(Cc2sccc2C)C(C)C)c1. The van der Waals surface area contributed by atoms with E-state index in [0.29, 0.717) is 6.54 Å². The fraction of sp³-hybridized carbons (Fsp3) is 0.476. The van der Waals surface area contributed by atoms with Gasteiger partial charge >= 0.3 is 0 Å². The Bertz CT molecular complexity index is 758. The number of carbonyl (C=O) groups excluding carboxylic acids is 1. The van der Waals surface area contributed by atoms with Crippen molar-refractivity contribution in [1.82, 2.24) is 10.2 Å². The lowest BCUT2D eigenvalue weighted by Crippen LogP contribution is -2.41. The largest absolute Gasteiger partial charge is 0.497 e. The summed E-state index contributed by atoms with van der Waals surface area (Å²) < 4.78 is 10.7. The molecule has 1 heterocycles. The molecular formula is C21H30N2O3S. The van der Waals surface area contributed by atoms with Crippen molar-refractivity contribution in [1.29, 1.82) is 0 Å². The zero-order chi connectivity index (χ0) is 20.0. The Morgan fingerprint density at radius 3 is 2.48 bits per heavy atom. The highest BCUT2D eigenvalue weighted by Gasteiger charge is 2.19. The summed E-state index contributed by atoms with van der Waals surface area (Å²) >= 11 is 1.74. The molecule has 0 radical (unpaired) electrons. The summed E-state index contributed by atoms with van der Waals surface area (Å²) in [5, 5.41) is 5.19. The first-order chi connectivity index (χ1) is 12.8. The highest BCUT2D eigenvalue weighted by molar-refractivity contribution is 7.10. The molecule has 0 saturated carbocycles. The molecule has 0 saturated heterocycles. The summed E-state index contributed by atoms with van der Waals surface area (Å²) in [6.07, 6.45) is 0. The van der Waals surface area contributed by atoms with Gasteiger partial charge in [0.2, 0.25) is 5.91 Å². The molecule has 1 amide bonds. The van der Waals surface area contributed by atoms with Gasteiger partial charge < -0.3 is 14.8 Å². The average Bonchev–Trinajstić information content (AvgIpc) is 3.05. The molecule has 0 aliphatic rings. The van der Waals surface area contributed by atoms with Gasteiger partial charge in [0, 0.05) is 23.0 Å². The standard InChI is InChI=1S/C21H30N2O3S/c1-14(2)23(12-20-15(3)9-10-27-20)13-21(24)22-16(4)18-11-17(25-5)7-8-19(18)26-6/h7-11,14,16H,12-13H2,1-6H3,(H,22,24)/t16-/m0/s1. The summed E-state index contributed by atoms with van der Waals surface area (Å²) in [4.78, 5) is 16.2. The van der Waals surface area contributed by atoms with Crippen molar-refractivity contribution < 1.29 is 14.3 Å². The molecule has 5 nitrogen and oxygen atoms in total. The Kier molecular flexibility index (Phi) is 7.68. The Labute approximate surface area is 166 Å². The highest BCUT2D eigenvalue weighted by atomic mass is 32.1. The summed E-state index contributed by atoms with van der Waals surface area (Å²) in [5.74, 6) is 1.47. The van der Waals surface area contributed by atoms with Crippen LogP contribution in [0, 0.1) is 6.92 Å². The van der Waals surface area contributed by atoms with Crippen LogP contribution in [0.3, 0.4) is 0 Å². The van der Waals surface area contributed by atoms with Crippen LogP contribution in [0.15, 0.2) is 29.6 Å². The molecular weight excluding hydrogens is 360 g/mol. The van der Waals surface area contributed by atoms with Crippen molar-refractivity contribution in [3.05, 3.63) is 45.6 Å². The smallest absolute Gasteiger partial charge is 0.234 e. The molecule has 2 rings (SSSR count). The summed E-state index contributed by atoms with van der Waals surface area (Å²) in [7, 11) is 3.26. The second-order valence-electron chi connectivity index (χ2n) is 6.92. The van der Waals surface area contributed by atoms with Gasteiger partial charge in [0.15, 0.2) is 0 Å². The van der Waals surface area contributed by atoms with Crippen LogP contribution in [0.25, 0.3) is 0 Å². The fourth-order valence-electron chi connectivity index (χ4n) is 2.90. The van der Waals surface area contributed by atoms with E-state index in [1.54, 1.807) is 25.6 Å². The predicted octanol–water partition coefficient (Wildman–Crippen LogP) is 4.16. The van der Waals surface area contributed by atoms with Gasteiger partial charge in [-0.05, 0) is 62.9 Å². The van der Waals surface area contributed by atoms with Crippen molar-refractivity contribution in [2.24, 2.45) is 0 Å². The first-order valence-corrected chi connectivity index (χ1v) is 10.0. The number of nitrogens with one attached hydrogen (secondary N) is 1. The van der Waals surface area contributed by atoms with Gasteiger partial charge in [-0.15, -0.1) is 11.3 Å². The van der Waals surface area contributed by atoms with Crippen LogP contribution >= 0.6 is 11.3 Å². The first kappa shape index (κ1) is 21.3. The molecule has 0 fully saturated rings. The number of methoxy groups -OCH3 is 2. The van der Waals surface area contributed by atoms with E-state index in [-0.39, 0.29) is 18.0 Å². The molecule has 1 N–H and O–H groups in total. The fourth-order valence-corrected chi connectivity index (χ4v) is 3.83. The monoisotopic (exact) mass is 390 g/mol. The lowest BCUT2D eigenvalue weighted by molar-refractivity contribution is -0.123. The van der Waals surface area contributed by atoms with E-state index in [1.807, 2.05) is 25.1 Å². The Morgan fingerprint density at radius 2 is 1.93 bits per heavy atom. The van der Waals surface area contributed by atoms with Gasteiger partial charge in [-0.1, -0.05) is 0 Å². The van der Waals surface area contributed by atoms with Gasteiger partial charge in [-0.2, -0.15) is 0 Å². The average molecular weight is 391 g/mol. The maximum atomic E-state index is 12.7. The quantitative estimate of drug-likeness (QED) is 0.698. The van der Waals surface area contributed by atoms with Crippen LogP contribution in [-0.2, 0) is 11.3 Å². The van der Waals surface area contributed by atoms with Crippen LogP contribution in [0.1, 0.15) is 42.8 Å². The molecule has 1 aromatic heterocycles. The molecule has 0 spiro atoms. The number of benzene rings is 1. The van der Waals surface area contributed by atoms with E-state index in [1.165, 1.54) is 10.4 Å². The van der Waals surface area contributed by atoms with Gasteiger partial charge in [0.1, 0.15) is 11.5 Å². The number of carbonyl (C=O) groups is 1. The molecule has 1 aromatic carbocycles. The Hall–Kier alpha value is -2.05. The third-order valence-electron chi connectivity index (χ3n) is 4.67. The number of nitrogens with zero attached hydrogens (tertiary/aromatic N) is 1. The van der Waals surface area contributed by atoms with Crippen molar-refractivity contribution in [2.75, 3.05) is 20.8 Å². The minimum absolute atomic E-state index is 0.00437. The number of hydrogen-bond acceptors (Lipinski definition) is 5. The number of aryl methyl sites for hydroxylation is 1. The number of ether oxygens (including phenoxy) is 2. The zero-order valence-electron chi connectivity index (χ0n) is 17.0. The van der Waals surface area contributed by atoms with E-state index < -0.39 is 0 Å². The maximum absolute atomic E-state index is 12.7. The number of thiophene rings is 1. The molecule has 2 aromatic rings. The second kappa shape index (κ2) is 9.76. The van der Waals surface area contributed by atoms with Crippen LogP contribution in [-0.4, -0.2) is 37.6 Å². The third-order valence-corrected chi connectivity index (χ3v) is 5.68. The number of amides is 1. The lowest BCUT2D eigenvalue weighted by Gasteiger charge is -2.27. The first-order valence-electron chi connectivity index (χ1n) is 9.14. The molecule has 0 unspecified atom stereocenters. The topological polar surface area (TPSA) is 50.8 Å². The lowest BCUT2D eigenvalue weighted by atomic mass is 10.1. The molecule has 148 valence electrons. The second-order valence-corrected chi connectivity index (χ2v) is 7.92. The minimum atomic E-state index is -0.181. The third kappa shape index (κ3) is 5.71. The van der Waals surface area contributed by atoms with Crippen LogP contribution in [0.5, 0.6) is 11.5 Å². The Morgan fingerprint density at radius 1 is 1.19 bits per heavy atom. The predicted molar refractivity (Wildman–Crippen MR) is 111 cm³/mol. The summed E-state index contributed by atoms with van der Waals surface area (Å²) in [6.45, 7) is 9.44. The molecule has 27 heavy (non-hydrogen) atoms. The van der Waals surface area contributed by atoms with Crippen LogP contribution in [0.4, 0.5) is 0 Å². The van der Waals surface area contributed by atoms with Crippen molar-refractivity contribution >= 4 is 17.2 Å². The van der Waals surface area contributed by atoms with E-state index >= 15 is 0 Å². The van der Waals surface area contributed by atoms with E-state index in [9.17, 15) is 4.79 Å². The van der Waals surface area contributed by atoms with Gasteiger partial charge in [-0.3, -0.25) is 9.69 Å². The van der Waals surface area contributed by atoms with Crippen molar-refractivity contribution in [2.45, 2.75) is 46.3 Å². The molecule has 1 atom stereocenters. The maximum Gasteiger partial charge on any atom is 0.234 e. The van der Waals surface area contributed by atoms with E-state index in [2.05, 4.69) is 42.4 Å². The normalized spacial score (nSPS) is 12.3. The molecule has 0 bridgehead atoms. The van der Waals surface area contributed by atoms with Crippen molar-refractivity contribution in [3.8, 4) is 11.5 Å². The molecule has 0 aliphatic heterocycles. The summed E-state index contributed by atoms with van der Waals surface area (Å²) in [5.41, 5.74) is 2.18. The Balaban J connectivity index is 2.05. The summed E-state index contributed by atoms with van der Waals surface area (Å²) in [6, 6.07) is 7.82. The van der Waals surface area contributed by atoms with Gasteiger partial charge in [0.05, 0.1) is 26.8 Å². The molecule has 6 heteroatoms. The minimum Gasteiger partial charge on any atom is -0.497 e. The van der Waals surface area contributed by atoms with E-state index in [0.717, 1.165) is 23.6 Å². The molecule has 0 aliphatic carbocycles. The number of rotatable bonds is 9. The number of hydrogen-bond donors (Lipinski definition) is 1. The van der Waals surface area contributed by atoms with Crippen LogP contribution < -0.4 is 14.8 Å². The van der Waals surface area contributed by atoms with Crippen molar-refractivity contribution in [3.63, 3.8) is 0 Å². The highest BCUT2D eigenvalue weighted by Crippen LogP contribution is 2.29. The van der Waals surface area contributed by atoms with Crippen LogP contribution in [0.2, 0.25) is 0 Å².